The largest absolute Gasteiger partial charge is 0.497 e. The molecule has 2 N–H and O–H groups in total. The molecule has 5 heteroatoms. The van der Waals surface area contributed by atoms with Gasteiger partial charge in [-0.15, -0.1) is 0 Å². The maximum atomic E-state index is 12.0. The summed E-state index contributed by atoms with van der Waals surface area (Å²) >= 11 is 6.04. The van der Waals surface area contributed by atoms with Gasteiger partial charge in [-0.05, 0) is 35.4 Å². The molecule has 2 amide bonds. The SMILES string of the molecule is COc1ccc(CNC(=O)NCC(C)(C)c2cccc(Cl)c2)cc1. The van der Waals surface area contributed by atoms with E-state index < -0.39 is 0 Å². The molecule has 0 aliphatic carbocycles. The van der Waals surface area contributed by atoms with Gasteiger partial charge in [-0.3, -0.25) is 0 Å². The Morgan fingerprint density at radius 2 is 1.83 bits per heavy atom. The number of ether oxygens (including phenoxy) is 1. The van der Waals surface area contributed by atoms with Gasteiger partial charge in [-0.2, -0.15) is 0 Å². The molecule has 2 rings (SSSR count). The number of urea groups is 1. The Labute approximate surface area is 148 Å². The maximum Gasteiger partial charge on any atom is 0.315 e. The first kappa shape index (κ1) is 18.1. The van der Waals surface area contributed by atoms with Crippen LogP contribution >= 0.6 is 11.6 Å². The Morgan fingerprint density at radius 1 is 1.12 bits per heavy atom. The van der Waals surface area contributed by atoms with E-state index in [0.717, 1.165) is 16.9 Å². The number of rotatable bonds is 6. The van der Waals surface area contributed by atoms with E-state index in [4.69, 9.17) is 16.3 Å². The van der Waals surface area contributed by atoms with Crippen LogP contribution in [0.15, 0.2) is 48.5 Å². The molecule has 2 aromatic rings. The van der Waals surface area contributed by atoms with Crippen molar-refractivity contribution < 1.29 is 9.53 Å². The summed E-state index contributed by atoms with van der Waals surface area (Å²) in [6.45, 7) is 5.13. The van der Waals surface area contributed by atoms with Gasteiger partial charge in [0.15, 0.2) is 0 Å². The number of nitrogens with one attached hydrogen (secondary N) is 2. The Morgan fingerprint density at radius 3 is 2.46 bits per heavy atom. The van der Waals surface area contributed by atoms with Gasteiger partial charge in [0, 0.05) is 23.5 Å². The summed E-state index contributed by atoms with van der Waals surface area (Å²) in [5.74, 6) is 0.798. The lowest BCUT2D eigenvalue weighted by Gasteiger charge is -2.26. The molecule has 2 aromatic carbocycles. The third-order valence-electron chi connectivity index (χ3n) is 3.91. The predicted octanol–water partition coefficient (Wildman–Crippen LogP) is 4.13. The van der Waals surface area contributed by atoms with Crippen molar-refractivity contribution in [1.82, 2.24) is 10.6 Å². The highest BCUT2D eigenvalue weighted by Crippen LogP contribution is 2.24. The normalized spacial score (nSPS) is 11.0. The fourth-order valence-electron chi connectivity index (χ4n) is 2.30. The molecular weight excluding hydrogens is 324 g/mol. The van der Waals surface area contributed by atoms with Crippen molar-refractivity contribution >= 4 is 17.6 Å². The average molecular weight is 347 g/mol. The Bertz CT molecular complexity index is 684. The van der Waals surface area contributed by atoms with Crippen molar-refractivity contribution in [2.75, 3.05) is 13.7 Å². The highest BCUT2D eigenvalue weighted by molar-refractivity contribution is 6.30. The lowest BCUT2D eigenvalue weighted by atomic mass is 9.85. The minimum Gasteiger partial charge on any atom is -0.497 e. The van der Waals surface area contributed by atoms with Crippen LogP contribution in [0, 0.1) is 0 Å². The van der Waals surface area contributed by atoms with Crippen LogP contribution in [0.2, 0.25) is 5.02 Å². The summed E-state index contributed by atoms with van der Waals surface area (Å²) < 4.78 is 5.11. The Balaban J connectivity index is 1.83. The van der Waals surface area contributed by atoms with Crippen LogP contribution in [0.4, 0.5) is 4.79 Å². The number of carbonyl (C=O) groups is 1. The van der Waals surface area contributed by atoms with Gasteiger partial charge in [-0.1, -0.05) is 49.7 Å². The fraction of sp³-hybridized carbons (Fsp3) is 0.316. The van der Waals surface area contributed by atoms with Gasteiger partial charge in [0.2, 0.25) is 0 Å². The van der Waals surface area contributed by atoms with Crippen molar-refractivity contribution in [3.8, 4) is 5.75 Å². The van der Waals surface area contributed by atoms with Crippen LogP contribution < -0.4 is 15.4 Å². The summed E-state index contributed by atoms with van der Waals surface area (Å²) in [4.78, 5) is 12.0. The van der Waals surface area contributed by atoms with Gasteiger partial charge in [0.05, 0.1) is 7.11 Å². The maximum absolute atomic E-state index is 12.0. The number of methoxy groups -OCH3 is 1. The molecule has 0 heterocycles. The molecular formula is C19H23ClN2O2. The van der Waals surface area contributed by atoms with Gasteiger partial charge in [0.25, 0.3) is 0 Å². The summed E-state index contributed by atoms with van der Waals surface area (Å²) in [7, 11) is 1.63. The Kier molecular flexibility index (Phi) is 6.10. The van der Waals surface area contributed by atoms with Gasteiger partial charge < -0.3 is 15.4 Å². The molecule has 24 heavy (non-hydrogen) atoms. The van der Waals surface area contributed by atoms with E-state index in [2.05, 4.69) is 24.5 Å². The van der Waals surface area contributed by atoms with E-state index in [1.54, 1.807) is 7.11 Å². The van der Waals surface area contributed by atoms with Crippen LogP contribution in [-0.2, 0) is 12.0 Å². The van der Waals surface area contributed by atoms with Gasteiger partial charge >= 0.3 is 6.03 Å². The quantitative estimate of drug-likeness (QED) is 0.826. The number of carbonyl (C=O) groups excluding carboxylic acids is 1. The van der Waals surface area contributed by atoms with Crippen molar-refractivity contribution in [1.29, 1.82) is 0 Å². The van der Waals surface area contributed by atoms with Gasteiger partial charge in [-0.25, -0.2) is 4.79 Å². The third-order valence-corrected chi connectivity index (χ3v) is 4.14. The Hall–Kier alpha value is -2.20. The summed E-state index contributed by atoms with van der Waals surface area (Å²) in [6, 6.07) is 15.1. The summed E-state index contributed by atoms with van der Waals surface area (Å²) in [6.07, 6.45) is 0. The number of hydrogen-bond donors (Lipinski definition) is 2. The lowest BCUT2D eigenvalue weighted by Crippen LogP contribution is -2.42. The van der Waals surface area contributed by atoms with Crippen LogP contribution in [0.25, 0.3) is 0 Å². The molecule has 0 saturated carbocycles. The second-order valence-corrected chi connectivity index (χ2v) is 6.71. The molecule has 4 nitrogen and oxygen atoms in total. The second-order valence-electron chi connectivity index (χ2n) is 6.28. The van der Waals surface area contributed by atoms with E-state index in [-0.39, 0.29) is 11.4 Å². The van der Waals surface area contributed by atoms with Crippen molar-refractivity contribution in [3.63, 3.8) is 0 Å². The molecule has 0 unspecified atom stereocenters. The molecule has 0 aliphatic heterocycles. The summed E-state index contributed by atoms with van der Waals surface area (Å²) in [5, 5.41) is 6.47. The zero-order chi connectivity index (χ0) is 17.6. The number of hydrogen-bond acceptors (Lipinski definition) is 2. The van der Waals surface area contributed by atoms with E-state index >= 15 is 0 Å². The van der Waals surface area contributed by atoms with Crippen molar-refractivity contribution in [3.05, 3.63) is 64.7 Å². The molecule has 0 bridgehead atoms. The predicted molar refractivity (Wildman–Crippen MR) is 97.7 cm³/mol. The molecule has 0 spiro atoms. The van der Waals surface area contributed by atoms with Crippen molar-refractivity contribution in [2.45, 2.75) is 25.8 Å². The number of amides is 2. The molecule has 0 aromatic heterocycles. The van der Waals surface area contributed by atoms with E-state index in [9.17, 15) is 4.79 Å². The molecule has 0 radical (unpaired) electrons. The minimum atomic E-state index is -0.206. The first-order chi connectivity index (χ1) is 11.4. The molecule has 0 fully saturated rings. The highest BCUT2D eigenvalue weighted by atomic mass is 35.5. The monoisotopic (exact) mass is 346 g/mol. The minimum absolute atomic E-state index is 0.194. The standard InChI is InChI=1S/C19H23ClN2O2/c1-19(2,15-5-4-6-16(20)11-15)13-22-18(23)21-12-14-7-9-17(24-3)10-8-14/h4-11H,12-13H2,1-3H3,(H2,21,22,23). The fourth-order valence-corrected chi connectivity index (χ4v) is 2.49. The molecule has 0 atom stereocenters. The number of halogens is 1. The summed E-state index contributed by atoms with van der Waals surface area (Å²) in [5.41, 5.74) is 1.90. The second kappa shape index (κ2) is 8.06. The van der Waals surface area contributed by atoms with E-state index in [0.29, 0.717) is 18.1 Å². The van der Waals surface area contributed by atoms with E-state index in [1.165, 1.54) is 0 Å². The zero-order valence-corrected chi connectivity index (χ0v) is 15.0. The van der Waals surface area contributed by atoms with Crippen LogP contribution in [0.3, 0.4) is 0 Å². The topological polar surface area (TPSA) is 50.4 Å². The molecule has 0 aliphatic rings. The molecule has 128 valence electrons. The van der Waals surface area contributed by atoms with Gasteiger partial charge in [0.1, 0.15) is 5.75 Å². The first-order valence-electron chi connectivity index (χ1n) is 7.81. The smallest absolute Gasteiger partial charge is 0.315 e. The average Bonchev–Trinajstić information content (AvgIpc) is 2.58. The lowest BCUT2D eigenvalue weighted by molar-refractivity contribution is 0.238. The molecule has 0 saturated heterocycles. The highest BCUT2D eigenvalue weighted by Gasteiger charge is 2.21. The van der Waals surface area contributed by atoms with Crippen LogP contribution in [-0.4, -0.2) is 19.7 Å². The van der Waals surface area contributed by atoms with Crippen LogP contribution in [0.5, 0.6) is 5.75 Å². The number of benzene rings is 2. The van der Waals surface area contributed by atoms with E-state index in [1.807, 2.05) is 48.5 Å². The zero-order valence-electron chi connectivity index (χ0n) is 14.2. The first-order valence-corrected chi connectivity index (χ1v) is 8.19. The van der Waals surface area contributed by atoms with Crippen LogP contribution in [0.1, 0.15) is 25.0 Å². The third kappa shape index (κ3) is 5.17. The van der Waals surface area contributed by atoms with Crippen molar-refractivity contribution in [2.24, 2.45) is 0 Å².